The van der Waals surface area contributed by atoms with Crippen LogP contribution in [0.25, 0.3) is 72.4 Å². The van der Waals surface area contributed by atoms with Gasteiger partial charge in [0.05, 0.1) is 52.6 Å². The summed E-state index contributed by atoms with van der Waals surface area (Å²) in [5.41, 5.74) is 8.85. The predicted molar refractivity (Wildman–Crippen MR) is 334 cm³/mol. The lowest BCUT2D eigenvalue weighted by Gasteiger charge is -2.24. The average Bonchev–Trinajstić information content (AvgIpc) is 4.05. The molecule has 2 atom stereocenters. The molecule has 0 spiro atoms. The van der Waals surface area contributed by atoms with Gasteiger partial charge in [-0.15, -0.1) is 0 Å². The van der Waals surface area contributed by atoms with E-state index in [4.69, 9.17) is 30.0 Å². The third-order valence-corrected chi connectivity index (χ3v) is 15.0. The number of aromatic amines is 5. The molecule has 0 saturated carbocycles. The standard InChI is InChI=1S/C16H15N3O3.C16H17N3O3.C16H14N2O3.C15H14N4O3.CO2/c1-3-9-7-12(16(21)22)15(20)18-14(9)10-4-5-13-11(6-10)8-17-19(13)2;1-3-9-6-11(16(21)22)15(20)18-14(9)12-7-10-4-5-19(2)13(10)8-17-12;1-2-9-8-12(16(20)21)15(19)18-14(9)11-3-4-13-10(7-11)5-6-17-13;1-3-8-4-10(15(21)22)14(20)18-12(8)9-5-11-13(16-6-9)19(2)7-17-11;2-1-3/h4-8H,3H2,1-2H3,(H,18,20)(H,21,22);4-8,10,13H,3H2,1-2H3,(H,18,20)(H,21,22);3-8,17H,2H2,1H3,(H,18,19)(H,20,21);4-7H,3H2,1-2H3,(H,18,20)(H,21,22);. The van der Waals surface area contributed by atoms with Crippen LogP contribution in [0, 0.1) is 5.92 Å². The zero-order valence-corrected chi connectivity index (χ0v) is 49.5. The van der Waals surface area contributed by atoms with Crippen LogP contribution in [0.2, 0.25) is 0 Å². The van der Waals surface area contributed by atoms with Crippen LogP contribution in [0.5, 0.6) is 0 Å². The number of hydrogen-bond acceptors (Lipinski definition) is 15. The summed E-state index contributed by atoms with van der Waals surface area (Å²) in [7, 11) is 5.71. The first-order valence-electron chi connectivity index (χ1n) is 28.0. The van der Waals surface area contributed by atoms with Crippen molar-refractivity contribution in [1.82, 2.24) is 54.1 Å². The molecule has 2 aromatic carbocycles. The van der Waals surface area contributed by atoms with Crippen molar-refractivity contribution in [3.05, 3.63) is 208 Å². The molecule has 26 heteroatoms. The van der Waals surface area contributed by atoms with Gasteiger partial charge in [-0.1, -0.05) is 45.9 Å². The molecule has 9 N–H and O–H groups in total. The van der Waals surface area contributed by atoms with Crippen LogP contribution < -0.4 is 22.2 Å². The lowest BCUT2D eigenvalue weighted by Crippen LogP contribution is -2.31. The zero-order valence-electron chi connectivity index (χ0n) is 49.5. The Kier molecular flexibility index (Phi) is 19.7. The average molecular weight is 1220 g/mol. The highest BCUT2D eigenvalue weighted by Crippen LogP contribution is 2.31. The largest absolute Gasteiger partial charge is 0.477 e. The topological polar surface area (TPSA) is 395 Å². The highest BCUT2D eigenvalue weighted by atomic mass is 16.4. The Morgan fingerprint density at radius 1 is 0.567 bits per heavy atom. The summed E-state index contributed by atoms with van der Waals surface area (Å²) in [4.78, 5) is 137. The van der Waals surface area contributed by atoms with Crippen molar-refractivity contribution in [2.45, 2.75) is 59.4 Å². The number of rotatable bonds is 12. The summed E-state index contributed by atoms with van der Waals surface area (Å²) in [5, 5.41) is 42.4. The summed E-state index contributed by atoms with van der Waals surface area (Å²) in [6, 6.07) is 21.3. The van der Waals surface area contributed by atoms with Crippen LogP contribution >= 0.6 is 0 Å². The van der Waals surface area contributed by atoms with Gasteiger partial charge in [0.2, 0.25) is 0 Å². The minimum Gasteiger partial charge on any atom is -0.477 e. The van der Waals surface area contributed by atoms with E-state index in [1.54, 1.807) is 28.0 Å². The van der Waals surface area contributed by atoms with Crippen molar-refractivity contribution in [1.29, 1.82) is 0 Å². The number of hydrogen-bond donors (Lipinski definition) is 9. The number of aromatic nitrogens is 10. The summed E-state index contributed by atoms with van der Waals surface area (Å²) in [5.74, 6) is -4.67. The number of carbonyl (C=O) groups is 4. The van der Waals surface area contributed by atoms with Gasteiger partial charge in [0.15, 0.2) is 5.65 Å². The van der Waals surface area contributed by atoms with Crippen LogP contribution in [-0.2, 0) is 49.4 Å². The van der Waals surface area contributed by atoms with Gasteiger partial charge in [-0.2, -0.15) is 14.7 Å². The molecule has 0 amide bonds. The number of pyridine rings is 5. The van der Waals surface area contributed by atoms with Crippen LogP contribution in [0.15, 0.2) is 140 Å². The number of nitrogens with zero attached hydrogens (tertiary/aromatic N) is 7. The van der Waals surface area contributed by atoms with Gasteiger partial charge in [0, 0.05) is 67.5 Å². The lowest BCUT2D eigenvalue weighted by molar-refractivity contribution is -0.191. The Bertz CT molecular complexity index is 4680. The molecule has 0 aliphatic carbocycles. The number of aryl methyl sites for hydroxylation is 6. The Morgan fingerprint density at radius 3 is 1.53 bits per heavy atom. The van der Waals surface area contributed by atoms with E-state index in [2.05, 4.69) is 56.0 Å². The molecule has 2 aliphatic rings. The number of aromatic carboxylic acids is 4. The Balaban J connectivity index is 0.000000153. The summed E-state index contributed by atoms with van der Waals surface area (Å²) >= 11 is 0. The van der Waals surface area contributed by atoms with Crippen molar-refractivity contribution in [3.8, 4) is 33.8 Å². The van der Waals surface area contributed by atoms with E-state index in [0.29, 0.717) is 65.2 Å². The SMILES string of the molecule is CCc1cc(C(=O)O)c(=O)[nH]c1-c1ccc2[nH]ccc2c1.CCc1cc(C(=O)O)c(=O)[nH]c1-c1ccc2c(cnn2C)c1.CCc1cc(C(=O)O)c(=O)[nH]c1-c1cnc2c(c1)ncn2C.CCc1cc(C(=O)O)c(=O)[nH]c1C1=CC2C=CN(C)C2C=N1.O=C=O. The Hall–Kier alpha value is -11.9. The summed E-state index contributed by atoms with van der Waals surface area (Å²) in [6.45, 7) is 7.67. The van der Waals surface area contributed by atoms with Crippen molar-refractivity contribution >= 4 is 74.9 Å². The van der Waals surface area contributed by atoms with Gasteiger partial charge in [0.1, 0.15) is 27.8 Å². The van der Waals surface area contributed by atoms with Gasteiger partial charge >= 0.3 is 30.0 Å². The Morgan fingerprint density at radius 2 is 1.03 bits per heavy atom. The van der Waals surface area contributed by atoms with E-state index in [1.165, 1.54) is 24.3 Å². The smallest absolute Gasteiger partial charge is 0.373 e. The second-order valence-electron chi connectivity index (χ2n) is 20.5. The molecule has 10 aromatic rings. The number of benzene rings is 2. The third-order valence-electron chi connectivity index (χ3n) is 15.0. The maximum absolute atomic E-state index is 11.9. The molecule has 90 heavy (non-hydrogen) atoms. The fourth-order valence-corrected chi connectivity index (χ4v) is 10.3. The number of carboxylic acid groups (broad SMARTS) is 4. The van der Waals surface area contributed by atoms with Gasteiger partial charge in [-0.05, 0) is 132 Å². The monoisotopic (exact) mass is 1220 g/mol. The second kappa shape index (κ2) is 27.6. The molecular formula is C64H60N12O14. The zero-order chi connectivity index (χ0) is 65.2. The number of imidazole rings is 1. The summed E-state index contributed by atoms with van der Waals surface area (Å²) < 4.78 is 3.58. The number of carboxylic acids is 4. The van der Waals surface area contributed by atoms with E-state index in [0.717, 1.165) is 60.8 Å². The fraction of sp³-hybridized carbons (Fsp3) is 0.203. The molecule has 26 nitrogen and oxygen atoms in total. The predicted octanol–water partition coefficient (Wildman–Crippen LogP) is 7.48. The van der Waals surface area contributed by atoms with E-state index >= 15 is 0 Å². The molecule has 0 fully saturated rings. The first kappa shape index (κ1) is 64.1. The molecule has 2 unspecified atom stereocenters. The van der Waals surface area contributed by atoms with Crippen LogP contribution in [0.1, 0.15) is 97.1 Å². The number of fused-ring (bicyclic) bond motifs is 4. The lowest BCUT2D eigenvalue weighted by atomic mass is 9.96. The number of H-pyrrole nitrogens is 5. The highest BCUT2D eigenvalue weighted by Gasteiger charge is 2.28. The number of aliphatic imine (C=N–C) groups is 1. The maximum Gasteiger partial charge on any atom is 0.373 e. The van der Waals surface area contributed by atoms with Crippen molar-refractivity contribution in [2.75, 3.05) is 7.05 Å². The third kappa shape index (κ3) is 13.7. The number of carbonyl (C=O) groups excluding carboxylic acids is 2. The van der Waals surface area contributed by atoms with Gasteiger partial charge in [0.25, 0.3) is 22.2 Å². The second-order valence-corrected chi connectivity index (χ2v) is 20.5. The molecule has 0 bridgehead atoms. The highest BCUT2D eigenvalue weighted by molar-refractivity contribution is 5.92. The van der Waals surface area contributed by atoms with Crippen LogP contribution in [0.3, 0.4) is 0 Å². The minimum atomic E-state index is -1.24. The van der Waals surface area contributed by atoms with E-state index in [-0.39, 0.29) is 40.4 Å². The summed E-state index contributed by atoms with van der Waals surface area (Å²) in [6.07, 6.45) is 17.6. The minimum absolute atomic E-state index is 0.207. The van der Waals surface area contributed by atoms with Crippen molar-refractivity contribution < 1.29 is 49.2 Å². The first-order chi connectivity index (χ1) is 43.0. The molecule has 10 heterocycles. The molecule has 0 saturated heterocycles. The van der Waals surface area contributed by atoms with Crippen molar-refractivity contribution in [3.63, 3.8) is 0 Å². The molecule has 12 rings (SSSR count). The molecule has 2 aliphatic heterocycles. The van der Waals surface area contributed by atoms with Crippen molar-refractivity contribution in [2.24, 2.45) is 25.0 Å². The first-order valence-corrected chi connectivity index (χ1v) is 28.0. The van der Waals surface area contributed by atoms with Gasteiger partial charge in [-0.25, -0.2) is 29.1 Å². The Labute approximate surface area is 509 Å². The van der Waals surface area contributed by atoms with E-state index < -0.39 is 46.1 Å². The fourth-order valence-electron chi connectivity index (χ4n) is 10.3. The van der Waals surface area contributed by atoms with E-state index in [9.17, 15) is 38.4 Å². The molecule has 8 aromatic heterocycles. The molecular weight excluding hydrogens is 1160 g/mol. The quantitative estimate of drug-likeness (QED) is 0.0572. The molecule has 460 valence electrons. The van der Waals surface area contributed by atoms with Crippen LogP contribution in [0.4, 0.5) is 0 Å². The normalized spacial score (nSPS) is 13.5. The maximum atomic E-state index is 11.9. The molecule has 0 radical (unpaired) electrons. The number of nitrogens with one attached hydrogen (secondary N) is 5. The van der Waals surface area contributed by atoms with Crippen LogP contribution in [-0.4, -0.2) is 124 Å². The van der Waals surface area contributed by atoms with E-state index in [1.807, 2.05) is 122 Å². The van der Waals surface area contributed by atoms with Gasteiger partial charge in [-0.3, -0.25) is 28.9 Å². The van der Waals surface area contributed by atoms with Gasteiger partial charge < -0.3 is 54.8 Å².